The maximum absolute atomic E-state index is 11.8. The molecule has 0 radical (unpaired) electrons. The Balaban J connectivity index is 2.70. The van der Waals surface area contributed by atoms with E-state index >= 15 is 0 Å². The largest absolute Gasteiger partial charge is 0.438 e. The minimum Gasteiger partial charge on any atom is -0.438 e. The molecule has 2 N–H and O–H groups in total. The highest BCUT2D eigenvalue weighted by atomic mass is 32.2. The maximum atomic E-state index is 11.8. The van der Waals surface area contributed by atoms with Gasteiger partial charge in [0, 0.05) is 27.7 Å². The molecular formula is C11H18N2O6S. The average molecular weight is 306 g/mol. The molecule has 1 aromatic heterocycles. The van der Waals surface area contributed by atoms with E-state index in [4.69, 9.17) is 9.15 Å². The summed E-state index contributed by atoms with van der Waals surface area (Å²) in [6.07, 6.45) is -0.844. The topological polar surface area (TPSA) is 109 Å². The van der Waals surface area contributed by atoms with Crippen LogP contribution < -0.4 is 5.32 Å². The molecule has 1 aromatic rings. The number of aliphatic hydroxyl groups is 1. The minimum atomic E-state index is -3.71. The van der Waals surface area contributed by atoms with Gasteiger partial charge >= 0.3 is 0 Å². The van der Waals surface area contributed by atoms with Gasteiger partial charge in [0.25, 0.3) is 15.9 Å². The summed E-state index contributed by atoms with van der Waals surface area (Å²) in [6.45, 7) is 0.0574. The maximum Gasteiger partial charge on any atom is 0.287 e. The molecule has 0 aliphatic heterocycles. The molecule has 0 aliphatic rings. The van der Waals surface area contributed by atoms with Gasteiger partial charge in [-0.05, 0) is 12.1 Å². The lowest BCUT2D eigenvalue weighted by Crippen LogP contribution is -2.34. The number of ether oxygens (including phenoxy) is 1. The van der Waals surface area contributed by atoms with Gasteiger partial charge in [-0.2, -0.15) is 0 Å². The highest BCUT2D eigenvalue weighted by molar-refractivity contribution is 7.88. The number of nitrogens with zero attached hydrogens (tertiary/aromatic N) is 1. The van der Waals surface area contributed by atoms with Crippen molar-refractivity contribution in [3.05, 3.63) is 17.9 Å². The number of methoxy groups -OCH3 is 1. The van der Waals surface area contributed by atoms with Crippen LogP contribution in [0.3, 0.4) is 0 Å². The Morgan fingerprint density at radius 3 is 2.70 bits per heavy atom. The fourth-order valence-electron chi connectivity index (χ4n) is 1.31. The molecule has 0 saturated heterocycles. The molecule has 20 heavy (non-hydrogen) atoms. The molecule has 0 fully saturated rings. The van der Waals surface area contributed by atoms with E-state index in [9.17, 15) is 18.3 Å². The van der Waals surface area contributed by atoms with E-state index in [1.54, 1.807) is 0 Å². The number of sulfonamides is 1. The number of amides is 1. The molecule has 0 bridgehead atoms. The van der Waals surface area contributed by atoms with Gasteiger partial charge in [-0.3, -0.25) is 4.79 Å². The third-order valence-electron chi connectivity index (χ3n) is 2.40. The summed E-state index contributed by atoms with van der Waals surface area (Å²) in [5, 5.41) is 11.5. The molecule has 0 aromatic carbocycles. The van der Waals surface area contributed by atoms with Crippen LogP contribution in [0.1, 0.15) is 10.6 Å². The van der Waals surface area contributed by atoms with Crippen molar-refractivity contribution in [1.82, 2.24) is 9.62 Å². The van der Waals surface area contributed by atoms with Crippen molar-refractivity contribution in [2.45, 2.75) is 11.2 Å². The first-order valence-electron chi connectivity index (χ1n) is 5.76. The number of hydrogen-bond acceptors (Lipinski definition) is 6. The van der Waals surface area contributed by atoms with Crippen molar-refractivity contribution >= 4 is 15.9 Å². The zero-order valence-corrected chi connectivity index (χ0v) is 12.3. The number of carbonyl (C=O) groups is 1. The molecule has 1 atom stereocenters. The van der Waals surface area contributed by atoms with Gasteiger partial charge in [-0.25, -0.2) is 12.7 Å². The van der Waals surface area contributed by atoms with Crippen LogP contribution >= 0.6 is 0 Å². The fourth-order valence-corrected chi connectivity index (χ4v) is 2.10. The molecule has 1 amide bonds. The molecule has 8 nitrogen and oxygen atoms in total. The van der Waals surface area contributed by atoms with Crippen molar-refractivity contribution in [3.8, 4) is 0 Å². The quantitative estimate of drug-likeness (QED) is 0.687. The number of rotatable bonds is 7. The monoisotopic (exact) mass is 306 g/mol. The predicted octanol–water partition coefficient (Wildman–Crippen LogP) is -0.733. The van der Waals surface area contributed by atoms with Crippen LogP contribution in [0.25, 0.3) is 0 Å². The Morgan fingerprint density at radius 1 is 1.50 bits per heavy atom. The Bertz CT molecular complexity index is 551. The SMILES string of the molecule is COCC(O)CNC(=O)c1ccc(S(=O)(=O)N(C)C)o1. The van der Waals surface area contributed by atoms with E-state index in [1.807, 2.05) is 0 Å². The van der Waals surface area contributed by atoms with Crippen molar-refractivity contribution < 1.29 is 27.5 Å². The van der Waals surface area contributed by atoms with Crippen molar-refractivity contribution in [2.24, 2.45) is 0 Å². The third kappa shape index (κ3) is 4.04. The Labute approximate surface area is 117 Å². The lowest BCUT2D eigenvalue weighted by molar-refractivity contribution is 0.0602. The first-order valence-corrected chi connectivity index (χ1v) is 7.20. The van der Waals surface area contributed by atoms with E-state index in [-0.39, 0.29) is 24.0 Å². The summed E-state index contributed by atoms with van der Waals surface area (Å²) in [5.74, 6) is -0.754. The molecule has 0 saturated carbocycles. The normalized spacial score (nSPS) is 13.4. The van der Waals surface area contributed by atoms with Crippen LogP contribution in [0.5, 0.6) is 0 Å². The summed E-state index contributed by atoms with van der Waals surface area (Å²) in [6, 6.07) is 2.46. The van der Waals surface area contributed by atoms with Crippen LogP contribution in [-0.4, -0.2) is 64.2 Å². The summed E-state index contributed by atoms with van der Waals surface area (Å²) < 4.78 is 34.2. The van der Waals surface area contributed by atoms with Crippen LogP contribution in [0.2, 0.25) is 0 Å². The van der Waals surface area contributed by atoms with Crippen LogP contribution in [-0.2, 0) is 14.8 Å². The van der Waals surface area contributed by atoms with Crippen molar-refractivity contribution in [1.29, 1.82) is 0 Å². The number of nitrogens with one attached hydrogen (secondary N) is 1. The second-order valence-corrected chi connectivity index (χ2v) is 6.31. The predicted molar refractivity (Wildman–Crippen MR) is 69.8 cm³/mol. The molecule has 1 rings (SSSR count). The highest BCUT2D eigenvalue weighted by Crippen LogP contribution is 2.16. The number of aliphatic hydroxyl groups excluding tert-OH is 1. The Hall–Kier alpha value is -1.42. The van der Waals surface area contributed by atoms with Gasteiger partial charge in [-0.15, -0.1) is 0 Å². The molecule has 114 valence electrons. The van der Waals surface area contributed by atoms with Crippen LogP contribution in [0.4, 0.5) is 0 Å². The first kappa shape index (κ1) is 16.6. The highest BCUT2D eigenvalue weighted by Gasteiger charge is 2.23. The van der Waals surface area contributed by atoms with Crippen LogP contribution in [0.15, 0.2) is 21.6 Å². The second-order valence-electron chi connectivity index (χ2n) is 4.23. The summed E-state index contributed by atoms with van der Waals surface area (Å²) in [7, 11) is 0.434. The zero-order valence-electron chi connectivity index (χ0n) is 11.5. The van der Waals surface area contributed by atoms with Crippen molar-refractivity contribution in [2.75, 3.05) is 34.4 Å². The Kier molecular flexibility index (Phi) is 5.69. The first-order chi connectivity index (χ1) is 9.28. The molecular weight excluding hydrogens is 288 g/mol. The van der Waals surface area contributed by atoms with Gasteiger partial charge in [-0.1, -0.05) is 0 Å². The van der Waals surface area contributed by atoms with Gasteiger partial charge in [0.1, 0.15) is 0 Å². The lowest BCUT2D eigenvalue weighted by atomic mass is 10.3. The zero-order chi connectivity index (χ0) is 15.3. The average Bonchev–Trinajstić information content (AvgIpc) is 2.86. The molecule has 9 heteroatoms. The van der Waals surface area contributed by atoms with Crippen molar-refractivity contribution in [3.63, 3.8) is 0 Å². The smallest absolute Gasteiger partial charge is 0.287 e. The molecule has 1 heterocycles. The number of furan rings is 1. The van der Waals surface area contributed by atoms with E-state index in [0.29, 0.717) is 0 Å². The standard InChI is InChI=1S/C11H18N2O6S/c1-13(2)20(16,17)10-5-4-9(19-10)11(15)12-6-8(14)7-18-3/h4-5,8,14H,6-7H2,1-3H3,(H,12,15). The van der Waals surface area contributed by atoms with E-state index in [0.717, 1.165) is 4.31 Å². The minimum absolute atomic E-state index is 0.0247. The van der Waals surface area contributed by atoms with Gasteiger partial charge in [0.15, 0.2) is 5.76 Å². The molecule has 0 aliphatic carbocycles. The second kappa shape index (κ2) is 6.84. The van der Waals surface area contributed by atoms with E-state index < -0.39 is 22.0 Å². The summed E-state index contributed by atoms with van der Waals surface area (Å²) in [5.41, 5.74) is 0. The fraction of sp³-hybridized carbons (Fsp3) is 0.545. The number of carbonyl (C=O) groups excluding carboxylic acids is 1. The van der Waals surface area contributed by atoms with Gasteiger partial charge < -0.3 is 19.6 Å². The third-order valence-corrected chi connectivity index (χ3v) is 4.09. The van der Waals surface area contributed by atoms with E-state index in [1.165, 1.54) is 33.3 Å². The van der Waals surface area contributed by atoms with E-state index in [2.05, 4.69) is 5.32 Å². The van der Waals surface area contributed by atoms with Crippen LogP contribution in [0, 0.1) is 0 Å². The Morgan fingerprint density at radius 2 is 2.15 bits per heavy atom. The van der Waals surface area contributed by atoms with Gasteiger partial charge in [0.2, 0.25) is 5.09 Å². The molecule has 0 spiro atoms. The molecule has 1 unspecified atom stereocenters. The lowest BCUT2D eigenvalue weighted by Gasteiger charge is -2.10. The summed E-state index contributed by atoms with van der Waals surface area (Å²) >= 11 is 0. The van der Waals surface area contributed by atoms with Gasteiger partial charge in [0.05, 0.1) is 12.7 Å². The summed E-state index contributed by atoms with van der Waals surface area (Å²) in [4.78, 5) is 11.7. The number of hydrogen-bond donors (Lipinski definition) is 2.